The number of hydrogen-bond donors (Lipinski definition) is 2. The lowest BCUT2D eigenvalue weighted by Crippen LogP contribution is -2.59. The lowest BCUT2D eigenvalue weighted by Gasteiger charge is -2.47. The van der Waals surface area contributed by atoms with Crippen LogP contribution in [-0.4, -0.2) is 71.7 Å². The topological polar surface area (TPSA) is 55.8 Å². The van der Waals surface area contributed by atoms with Crippen LogP contribution in [0, 0.1) is 0 Å². The first-order valence-electron chi connectivity index (χ1n) is 8.56. The molecule has 0 aromatic rings. The molecule has 0 spiro atoms. The molecule has 122 valence electrons. The Morgan fingerprint density at radius 2 is 2.19 bits per heavy atom. The summed E-state index contributed by atoms with van der Waals surface area (Å²) in [6.07, 6.45) is 5.66. The van der Waals surface area contributed by atoms with Gasteiger partial charge in [0.25, 0.3) is 0 Å². The molecule has 2 aliphatic rings. The minimum atomic E-state index is -0.715. The molecule has 0 saturated carbocycles. The van der Waals surface area contributed by atoms with Gasteiger partial charge in [-0.3, -0.25) is 14.6 Å². The van der Waals surface area contributed by atoms with Crippen LogP contribution in [0.5, 0.6) is 0 Å². The predicted molar refractivity (Wildman–Crippen MR) is 84.6 cm³/mol. The molecule has 0 radical (unpaired) electrons. The largest absolute Gasteiger partial charge is 0.480 e. The Kier molecular flexibility index (Phi) is 6.45. The summed E-state index contributed by atoms with van der Waals surface area (Å²) in [5, 5.41) is 12.4. The number of hydrogen-bond acceptors (Lipinski definition) is 4. The number of carbonyl (C=O) groups is 1. The van der Waals surface area contributed by atoms with Gasteiger partial charge in [0.15, 0.2) is 0 Å². The van der Waals surface area contributed by atoms with Crippen molar-refractivity contribution in [2.45, 2.75) is 64.1 Å². The average Bonchev–Trinajstić information content (AvgIpc) is 2.47. The molecule has 21 heavy (non-hydrogen) atoms. The van der Waals surface area contributed by atoms with Crippen molar-refractivity contribution in [2.24, 2.45) is 0 Å². The number of carboxylic acids is 1. The highest BCUT2D eigenvalue weighted by atomic mass is 16.4. The summed E-state index contributed by atoms with van der Waals surface area (Å²) in [5.74, 6) is -0.715. The van der Waals surface area contributed by atoms with Crippen LogP contribution in [0.4, 0.5) is 0 Å². The molecule has 3 unspecified atom stereocenters. The van der Waals surface area contributed by atoms with Crippen LogP contribution >= 0.6 is 0 Å². The molecule has 2 rings (SSSR count). The Hall–Kier alpha value is -0.650. The molecule has 0 bridgehead atoms. The van der Waals surface area contributed by atoms with Crippen molar-refractivity contribution in [3.63, 3.8) is 0 Å². The van der Waals surface area contributed by atoms with Crippen molar-refractivity contribution in [3.05, 3.63) is 0 Å². The fraction of sp³-hybridized carbons (Fsp3) is 0.938. The smallest absolute Gasteiger partial charge is 0.320 e. The van der Waals surface area contributed by atoms with E-state index < -0.39 is 12.0 Å². The van der Waals surface area contributed by atoms with Crippen molar-refractivity contribution in [1.29, 1.82) is 0 Å². The summed E-state index contributed by atoms with van der Waals surface area (Å²) in [4.78, 5) is 16.4. The summed E-state index contributed by atoms with van der Waals surface area (Å²) in [6, 6.07) is 0.836. The van der Waals surface area contributed by atoms with Crippen LogP contribution in [0.15, 0.2) is 0 Å². The molecule has 3 atom stereocenters. The Labute approximate surface area is 128 Å². The first-order valence-corrected chi connectivity index (χ1v) is 8.56. The normalized spacial score (nSPS) is 29.0. The number of piperazine rings is 1. The van der Waals surface area contributed by atoms with E-state index in [4.69, 9.17) is 0 Å². The molecule has 0 amide bonds. The van der Waals surface area contributed by atoms with Crippen molar-refractivity contribution in [2.75, 3.05) is 32.7 Å². The van der Waals surface area contributed by atoms with Gasteiger partial charge in [-0.25, -0.2) is 0 Å². The van der Waals surface area contributed by atoms with Gasteiger partial charge in [0.05, 0.1) is 0 Å². The number of piperidine rings is 1. The van der Waals surface area contributed by atoms with Crippen LogP contribution < -0.4 is 5.32 Å². The maximum Gasteiger partial charge on any atom is 0.320 e. The summed E-state index contributed by atoms with van der Waals surface area (Å²) in [7, 11) is 0. The number of carboxylic acid groups (broad SMARTS) is 1. The lowest BCUT2D eigenvalue weighted by molar-refractivity contribution is -0.139. The molecule has 2 fully saturated rings. The third-order valence-corrected chi connectivity index (χ3v) is 4.96. The predicted octanol–water partition coefficient (Wildman–Crippen LogP) is 1.39. The minimum absolute atomic E-state index is 0.401. The molecule has 0 aromatic heterocycles. The maximum atomic E-state index is 11.3. The zero-order valence-corrected chi connectivity index (χ0v) is 13.6. The highest BCUT2D eigenvalue weighted by Crippen LogP contribution is 2.24. The van der Waals surface area contributed by atoms with E-state index in [0.29, 0.717) is 18.5 Å². The van der Waals surface area contributed by atoms with Gasteiger partial charge in [0, 0.05) is 31.7 Å². The third-order valence-electron chi connectivity index (χ3n) is 4.96. The van der Waals surface area contributed by atoms with E-state index in [1.807, 2.05) is 0 Å². The zero-order chi connectivity index (χ0) is 15.2. The van der Waals surface area contributed by atoms with Gasteiger partial charge in [-0.15, -0.1) is 0 Å². The molecule has 5 heteroatoms. The van der Waals surface area contributed by atoms with Crippen LogP contribution in [0.2, 0.25) is 0 Å². The van der Waals surface area contributed by atoms with Gasteiger partial charge < -0.3 is 10.4 Å². The molecule has 0 aromatic carbocycles. The molecular weight excluding hydrogens is 266 g/mol. The van der Waals surface area contributed by atoms with Gasteiger partial charge in [-0.1, -0.05) is 13.3 Å². The fourth-order valence-electron chi connectivity index (χ4n) is 3.65. The second-order valence-corrected chi connectivity index (χ2v) is 6.62. The summed E-state index contributed by atoms with van der Waals surface area (Å²) >= 11 is 0. The monoisotopic (exact) mass is 297 g/mol. The SMILES string of the molecule is CCCNC(CCN1CC2CCCCN2CC1C)C(=O)O. The Morgan fingerprint density at radius 3 is 2.90 bits per heavy atom. The lowest BCUT2D eigenvalue weighted by atomic mass is 9.97. The number of nitrogens with zero attached hydrogens (tertiary/aromatic N) is 2. The van der Waals surface area contributed by atoms with Gasteiger partial charge in [0.2, 0.25) is 0 Å². The fourth-order valence-corrected chi connectivity index (χ4v) is 3.65. The quantitative estimate of drug-likeness (QED) is 0.744. The Balaban J connectivity index is 1.82. The average molecular weight is 297 g/mol. The van der Waals surface area contributed by atoms with Gasteiger partial charge in [-0.05, 0) is 45.7 Å². The highest BCUT2D eigenvalue weighted by Gasteiger charge is 2.33. The minimum Gasteiger partial charge on any atom is -0.480 e. The second kappa shape index (κ2) is 8.11. The number of aliphatic carboxylic acids is 1. The van der Waals surface area contributed by atoms with Gasteiger partial charge in [0.1, 0.15) is 6.04 Å². The number of rotatable bonds is 7. The van der Waals surface area contributed by atoms with E-state index in [1.54, 1.807) is 0 Å². The van der Waals surface area contributed by atoms with E-state index in [2.05, 4.69) is 29.0 Å². The first-order chi connectivity index (χ1) is 10.1. The molecule has 0 aliphatic carbocycles. The Bertz CT molecular complexity index is 337. The van der Waals surface area contributed by atoms with E-state index >= 15 is 0 Å². The van der Waals surface area contributed by atoms with E-state index in [1.165, 1.54) is 25.8 Å². The molecule has 2 saturated heterocycles. The summed E-state index contributed by atoms with van der Waals surface area (Å²) in [5.41, 5.74) is 0. The number of fused-ring (bicyclic) bond motifs is 1. The number of nitrogens with one attached hydrogen (secondary N) is 1. The third kappa shape index (κ3) is 4.66. The summed E-state index contributed by atoms with van der Waals surface area (Å²) in [6.45, 7) is 9.52. The second-order valence-electron chi connectivity index (χ2n) is 6.62. The van der Waals surface area contributed by atoms with Crippen molar-refractivity contribution < 1.29 is 9.90 Å². The van der Waals surface area contributed by atoms with Crippen molar-refractivity contribution in [1.82, 2.24) is 15.1 Å². The molecule has 2 aliphatic heterocycles. The molecule has 2 N–H and O–H groups in total. The first kappa shape index (κ1) is 16.7. The van der Waals surface area contributed by atoms with Crippen molar-refractivity contribution in [3.8, 4) is 0 Å². The zero-order valence-electron chi connectivity index (χ0n) is 13.6. The van der Waals surface area contributed by atoms with Crippen LogP contribution in [0.3, 0.4) is 0 Å². The van der Waals surface area contributed by atoms with Crippen LogP contribution in [0.25, 0.3) is 0 Å². The Morgan fingerprint density at radius 1 is 1.38 bits per heavy atom. The standard InChI is InChI=1S/C16H31N3O2/c1-3-8-17-15(16(20)21)7-10-18-12-14-6-4-5-9-19(14)11-13(18)2/h13-15,17H,3-12H2,1-2H3,(H,20,21). The molecular formula is C16H31N3O2. The van der Waals surface area contributed by atoms with Crippen LogP contribution in [0.1, 0.15) is 46.0 Å². The summed E-state index contributed by atoms with van der Waals surface area (Å²) < 4.78 is 0. The van der Waals surface area contributed by atoms with E-state index in [-0.39, 0.29) is 0 Å². The molecule has 2 heterocycles. The van der Waals surface area contributed by atoms with E-state index in [0.717, 1.165) is 32.6 Å². The maximum absolute atomic E-state index is 11.3. The van der Waals surface area contributed by atoms with Crippen molar-refractivity contribution >= 4 is 5.97 Å². The van der Waals surface area contributed by atoms with Crippen LogP contribution in [-0.2, 0) is 4.79 Å². The molecule has 5 nitrogen and oxygen atoms in total. The van der Waals surface area contributed by atoms with E-state index in [9.17, 15) is 9.90 Å². The van der Waals surface area contributed by atoms with Gasteiger partial charge in [-0.2, -0.15) is 0 Å². The van der Waals surface area contributed by atoms with Gasteiger partial charge >= 0.3 is 5.97 Å². The highest BCUT2D eigenvalue weighted by molar-refractivity contribution is 5.73.